The Labute approximate surface area is 91.8 Å². The van der Waals surface area contributed by atoms with Crippen molar-refractivity contribution in [3.8, 4) is 0 Å². The third-order valence-electron chi connectivity index (χ3n) is 2.80. The lowest BCUT2D eigenvalue weighted by atomic mass is 10.3. The molecular weight excluding hydrogens is 209 g/mol. The minimum absolute atomic E-state index is 0.363. The maximum atomic E-state index is 13.0. The zero-order chi connectivity index (χ0) is 11.1. The maximum absolute atomic E-state index is 13.0. The number of rotatable bonds is 1. The number of nitrogen functional groups attached to an aromatic ring is 1. The van der Waals surface area contributed by atoms with Crippen molar-refractivity contribution in [3.05, 3.63) is 18.2 Å². The molecule has 16 heavy (non-hydrogen) atoms. The zero-order valence-electron chi connectivity index (χ0n) is 8.69. The van der Waals surface area contributed by atoms with Crippen molar-refractivity contribution in [2.45, 2.75) is 12.6 Å². The van der Waals surface area contributed by atoms with Gasteiger partial charge in [0, 0.05) is 18.3 Å². The largest absolute Gasteiger partial charge is 0.423 e. The van der Waals surface area contributed by atoms with Gasteiger partial charge in [0.05, 0.1) is 6.54 Å². The second-order valence-electron chi connectivity index (χ2n) is 4.06. The summed E-state index contributed by atoms with van der Waals surface area (Å²) in [6.45, 7) is 1.02. The van der Waals surface area contributed by atoms with Gasteiger partial charge >= 0.3 is 0 Å². The summed E-state index contributed by atoms with van der Waals surface area (Å²) in [5.74, 6) is 0. The molecule has 0 spiro atoms. The number of halogens is 1. The van der Waals surface area contributed by atoms with Crippen LogP contribution in [-0.4, -0.2) is 24.2 Å². The molecule has 0 unspecified atom stereocenters. The Balaban J connectivity index is 1.99. The number of benzene rings is 1. The minimum atomic E-state index is -0.778. The normalized spacial score (nSPS) is 20.8. The molecule has 0 bridgehead atoms. The predicted molar refractivity (Wildman–Crippen MR) is 60.1 cm³/mol. The first-order valence-corrected chi connectivity index (χ1v) is 5.27. The van der Waals surface area contributed by atoms with Gasteiger partial charge in [0.2, 0.25) is 0 Å². The van der Waals surface area contributed by atoms with Gasteiger partial charge in [-0.2, -0.15) is 4.98 Å². The van der Waals surface area contributed by atoms with Crippen LogP contribution in [0.25, 0.3) is 11.1 Å². The molecular formula is C11H12FN3O. The second-order valence-corrected chi connectivity index (χ2v) is 4.06. The lowest BCUT2D eigenvalue weighted by Crippen LogP contribution is -2.19. The van der Waals surface area contributed by atoms with Crippen LogP contribution in [0.5, 0.6) is 0 Å². The van der Waals surface area contributed by atoms with E-state index in [1.807, 2.05) is 4.90 Å². The van der Waals surface area contributed by atoms with Gasteiger partial charge in [-0.05, 0) is 18.6 Å². The molecule has 0 radical (unpaired) electrons. The molecule has 0 aliphatic carbocycles. The van der Waals surface area contributed by atoms with Gasteiger partial charge in [0.1, 0.15) is 11.7 Å². The molecule has 0 saturated carbocycles. The molecule has 0 amide bonds. The Hall–Kier alpha value is -1.78. The van der Waals surface area contributed by atoms with E-state index in [4.69, 9.17) is 10.2 Å². The highest BCUT2D eigenvalue weighted by Crippen LogP contribution is 2.26. The first kappa shape index (κ1) is 9.45. The van der Waals surface area contributed by atoms with Crippen LogP contribution in [0.3, 0.4) is 0 Å². The molecule has 2 N–H and O–H groups in total. The highest BCUT2D eigenvalue weighted by molar-refractivity contribution is 5.78. The summed E-state index contributed by atoms with van der Waals surface area (Å²) >= 11 is 0. The van der Waals surface area contributed by atoms with Crippen LogP contribution in [0.1, 0.15) is 6.42 Å². The monoisotopic (exact) mass is 221 g/mol. The average molecular weight is 221 g/mol. The van der Waals surface area contributed by atoms with Gasteiger partial charge in [-0.1, -0.05) is 0 Å². The SMILES string of the molecule is Nc1ccc2nc(N3CC[C@H](F)C3)oc2c1. The fraction of sp³-hybridized carbons (Fsp3) is 0.364. The Morgan fingerprint density at radius 2 is 2.38 bits per heavy atom. The summed E-state index contributed by atoms with van der Waals surface area (Å²) in [6.07, 6.45) is -0.235. The molecule has 84 valence electrons. The van der Waals surface area contributed by atoms with Crippen molar-refractivity contribution in [1.29, 1.82) is 0 Å². The average Bonchev–Trinajstić information content (AvgIpc) is 2.83. The van der Waals surface area contributed by atoms with E-state index in [9.17, 15) is 4.39 Å². The zero-order valence-corrected chi connectivity index (χ0v) is 8.69. The summed E-state index contributed by atoms with van der Waals surface area (Å²) < 4.78 is 18.6. The summed E-state index contributed by atoms with van der Waals surface area (Å²) in [6, 6.07) is 5.80. The van der Waals surface area contributed by atoms with E-state index in [1.165, 1.54) is 0 Å². The molecule has 1 saturated heterocycles. The van der Waals surface area contributed by atoms with E-state index in [1.54, 1.807) is 18.2 Å². The second kappa shape index (κ2) is 3.37. The van der Waals surface area contributed by atoms with E-state index in [2.05, 4.69) is 4.98 Å². The highest BCUT2D eigenvalue weighted by Gasteiger charge is 2.25. The summed E-state index contributed by atoms with van der Waals surface area (Å²) in [7, 11) is 0. The van der Waals surface area contributed by atoms with Crippen LogP contribution in [0, 0.1) is 0 Å². The molecule has 1 fully saturated rings. The number of alkyl halides is 1. The smallest absolute Gasteiger partial charge is 0.298 e. The Morgan fingerprint density at radius 3 is 3.12 bits per heavy atom. The van der Waals surface area contributed by atoms with Crippen molar-refractivity contribution >= 4 is 22.8 Å². The number of nitrogens with zero attached hydrogens (tertiary/aromatic N) is 2. The molecule has 1 aliphatic rings. The van der Waals surface area contributed by atoms with Gasteiger partial charge < -0.3 is 15.1 Å². The molecule has 1 aromatic carbocycles. The van der Waals surface area contributed by atoms with Crippen LogP contribution in [-0.2, 0) is 0 Å². The molecule has 1 aliphatic heterocycles. The first-order valence-electron chi connectivity index (χ1n) is 5.27. The van der Waals surface area contributed by atoms with E-state index >= 15 is 0 Å². The molecule has 1 atom stereocenters. The Morgan fingerprint density at radius 1 is 1.50 bits per heavy atom. The van der Waals surface area contributed by atoms with Crippen molar-refractivity contribution in [1.82, 2.24) is 4.98 Å². The van der Waals surface area contributed by atoms with Gasteiger partial charge in [-0.15, -0.1) is 0 Å². The van der Waals surface area contributed by atoms with Gasteiger partial charge in [0.25, 0.3) is 6.01 Å². The lowest BCUT2D eigenvalue weighted by Gasteiger charge is -2.10. The molecule has 4 nitrogen and oxygen atoms in total. The highest BCUT2D eigenvalue weighted by atomic mass is 19.1. The summed E-state index contributed by atoms with van der Waals surface area (Å²) in [4.78, 5) is 6.13. The number of nitrogens with two attached hydrogens (primary N) is 1. The Bertz CT molecular complexity index is 525. The van der Waals surface area contributed by atoms with Crippen molar-refractivity contribution in [3.63, 3.8) is 0 Å². The predicted octanol–water partition coefficient (Wildman–Crippen LogP) is 1.96. The standard InChI is InChI=1S/C11H12FN3O/c12-7-3-4-15(6-7)11-14-9-2-1-8(13)5-10(9)16-11/h1-2,5,7H,3-4,6,13H2/t7-/m0/s1. The van der Waals surface area contributed by atoms with Crippen molar-refractivity contribution in [2.75, 3.05) is 23.7 Å². The van der Waals surface area contributed by atoms with Gasteiger partial charge in [-0.3, -0.25) is 0 Å². The number of hydrogen-bond donors (Lipinski definition) is 1. The van der Waals surface area contributed by atoms with Crippen LogP contribution in [0.2, 0.25) is 0 Å². The summed E-state index contributed by atoms with van der Waals surface area (Å²) in [5.41, 5.74) is 7.69. The first-order chi connectivity index (χ1) is 7.72. The topological polar surface area (TPSA) is 55.3 Å². The maximum Gasteiger partial charge on any atom is 0.298 e. The van der Waals surface area contributed by atoms with E-state index in [-0.39, 0.29) is 0 Å². The molecule has 3 rings (SSSR count). The van der Waals surface area contributed by atoms with Crippen LogP contribution in [0.15, 0.2) is 22.6 Å². The van der Waals surface area contributed by atoms with E-state index in [0.717, 1.165) is 5.52 Å². The van der Waals surface area contributed by atoms with Crippen LogP contribution in [0.4, 0.5) is 16.1 Å². The van der Waals surface area contributed by atoms with E-state index in [0.29, 0.717) is 36.8 Å². The quantitative estimate of drug-likeness (QED) is 0.748. The van der Waals surface area contributed by atoms with Gasteiger partial charge in [-0.25, -0.2) is 4.39 Å². The number of anilines is 2. The third kappa shape index (κ3) is 1.48. The van der Waals surface area contributed by atoms with Crippen molar-refractivity contribution < 1.29 is 8.81 Å². The molecule has 2 heterocycles. The molecule has 1 aromatic heterocycles. The number of aromatic nitrogens is 1. The van der Waals surface area contributed by atoms with Crippen molar-refractivity contribution in [2.24, 2.45) is 0 Å². The number of hydrogen-bond acceptors (Lipinski definition) is 4. The van der Waals surface area contributed by atoms with Crippen LogP contribution >= 0.6 is 0 Å². The fourth-order valence-corrected chi connectivity index (χ4v) is 1.96. The number of oxazole rings is 1. The molecule has 5 heteroatoms. The van der Waals surface area contributed by atoms with E-state index < -0.39 is 6.17 Å². The number of fused-ring (bicyclic) bond motifs is 1. The molecule has 2 aromatic rings. The Kier molecular flexibility index (Phi) is 1.99. The third-order valence-corrected chi connectivity index (χ3v) is 2.80. The fourth-order valence-electron chi connectivity index (χ4n) is 1.96. The van der Waals surface area contributed by atoms with Crippen LogP contribution < -0.4 is 10.6 Å². The van der Waals surface area contributed by atoms with Gasteiger partial charge in [0.15, 0.2) is 5.58 Å². The minimum Gasteiger partial charge on any atom is -0.423 e. The lowest BCUT2D eigenvalue weighted by molar-refractivity contribution is 0.363. The summed E-state index contributed by atoms with van der Waals surface area (Å²) in [5, 5.41) is 0.